The molecule has 0 bridgehead atoms. The standard InChI is InChI=1S/C35H44ClN3O5S/c1-26-31(36)19-11-20-32(26)39(45(3,42)43)22-12-21-34(40)38(25-28-15-10-18-30(23-28)44-2)33(24-27-13-6-4-7-14-27)35(41)37-29-16-8-5-9-17-29/h4,6-7,10-11,13-15,18-20,23,29,33H,5,8-9,12,16-17,21-22,24-25H2,1-3H3,(H,37,41)/t33-/m0/s1. The van der Waals surface area contributed by atoms with Gasteiger partial charge < -0.3 is 15.0 Å². The molecule has 4 rings (SSSR count). The Morgan fingerprint density at radius 1 is 0.978 bits per heavy atom. The first-order valence-corrected chi connectivity index (χ1v) is 17.8. The normalized spacial score (nSPS) is 14.4. The lowest BCUT2D eigenvalue weighted by Gasteiger charge is -2.34. The van der Waals surface area contributed by atoms with Gasteiger partial charge in [-0.2, -0.15) is 0 Å². The lowest BCUT2D eigenvalue weighted by molar-refractivity contribution is -0.141. The third-order valence-electron chi connectivity index (χ3n) is 8.37. The van der Waals surface area contributed by atoms with Gasteiger partial charge in [-0.25, -0.2) is 8.42 Å². The molecule has 0 radical (unpaired) electrons. The van der Waals surface area contributed by atoms with E-state index in [-0.39, 0.29) is 43.8 Å². The third kappa shape index (κ3) is 9.71. The second-order valence-electron chi connectivity index (χ2n) is 11.7. The van der Waals surface area contributed by atoms with Gasteiger partial charge in [0.2, 0.25) is 21.8 Å². The first-order chi connectivity index (χ1) is 21.6. The Morgan fingerprint density at radius 3 is 2.36 bits per heavy atom. The summed E-state index contributed by atoms with van der Waals surface area (Å²) in [7, 11) is -2.06. The van der Waals surface area contributed by atoms with Crippen LogP contribution in [0, 0.1) is 6.92 Å². The molecule has 10 heteroatoms. The van der Waals surface area contributed by atoms with Crippen molar-refractivity contribution in [1.29, 1.82) is 0 Å². The van der Waals surface area contributed by atoms with Crippen molar-refractivity contribution in [2.24, 2.45) is 0 Å². The Balaban J connectivity index is 1.62. The Kier molecular flexibility index (Phi) is 12.3. The monoisotopic (exact) mass is 653 g/mol. The van der Waals surface area contributed by atoms with Crippen LogP contribution in [0.3, 0.4) is 0 Å². The van der Waals surface area contributed by atoms with E-state index < -0.39 is 16.1 Å². The maximum atomic E-state index is 14.1. The van der Waals surface area contributed by atoms with E-state index in [4.69, 9.17) is 16.3 Å². The van der Waals surface area contributed by atoms with Crippen molar-refractivity contribution in [1.82, 2.24) is 10.2 Å². The summed E-state index contributed by atoms with van der Waals surface area (Å²) in [6.07, 6.45) is 6.98. The largest absolute Gasteiger partial charge is 0.497 e. The summed E-state index contributed by atoms with van der Waals surface area (Å²) >= 11 is 6.30. The van der Waals surface area contributed by atoms with Crippen molar-refractivity contribution >= 4 is 39.1 Å². The number of hydrogen-bond donors (Lipinski definition) is 1. The second-order valence-corrected chi connectivity index (χ2v) is 14.1. The first kappa shape index (κ1) is 34.3. The van der Waals surface area contributed by atoms with Crippen LogP contribution in [0.4, 0.5) is 5.69 Å². The molecule has 1 fully saturated rings. The molecule has 0 aliphatic heterocycles. The minimum Gasteiger partial charge on any atom is -0.497 e. The van der Waals surface area contributed by atoms with Crippen LogP contribution < -0.4 is 14.4 Å². The third-order valence-corrected chi connectivity index (χ3v) is 9.96. The van der Waals surface area contributed by atoms with Crippen molar-refractivity contribution in [3.8, 4) is 5.75 Å². The maximum absolute atomic E-state index is 14.1. The van der Waals surface area contributed by atoms with Crippen LogP contribution in [-0.4, -0.2) is 57.1 Å². The van der Waals surface area contributed by atoms with Crippen LogP contribution in [0.1, 0.15) is 61.6 Å². The van der Waals surface area contributed by atoms with Crippen molar-refractivity contribution in [3.05, 3.63) is 94.5 Å². The number of hydrogen-bond acceptors (Lipinski definition) is 5. The number of rotatable bonds is 14. The Hall–Kier alpha value is -3.56. The van der Waals surface area contributed by atoms with Crippen LogP contribution >= 0.6 is 11.6 Å². The van der Waals surface area contributed by atoms with Crippen molar-refractivity contribution in [2.45, 2.75) is 76.9 Å². The number of methoxy groups -OCH3 is 1. The molecular formula is C35H44ClN3O5S. The van der Waals surface area contributed by atoms with E-state index in [1.54, 1.807) is 37.1 Å². The van der Waals surface area contributed by atoms with Gasteiger partial charge in [0.25, 0.3) is 0 Å². The van der Waals surface area contributed by atoms with Gasteiger partial charge in [-0.3, -0.25) is 13.9 Å². The number of halogens is 1. The molecule has 1 aliphatic carbocycles. The molecule has 0 unspecified atom stereocenters. The minimum atomic E-state index is -3.65. The van der Waals surface area contributed by atoms with Gasteiger partial charge in [0.15, 0.2) is 0 Å². The lowest BCUT2D eigenvalue weighted by atomic mass is 9.94. The van der Waals surface area contributed by atoms with Crippen LogP contribution in [0.25, 0.3) is 0 Å². The highest BCUT2D eigenvalue weighted by molar-refractivity contribution is 7.92. The molecule has 3 aromatic rings. The minimum absolute atomic E-state index is 0.0532. The molecule has 242 valence electrons. The van der Waals surface area contributed by atoms with Crippen molar-refractivity contribution < 1.29 is 22.7 Å². The number of ether oxygens (including phenoxy) is 1. The SMILES string of the molecule is COc1cccc(CN(C(=O)CCCN(c2cccc(Cl)c2C)S(C)(=O)=O)[C@@H](Cc2ccccc2)C(=O)NC2CCCCC2)c1. The molecule has 0 saturated heterocycles. The van der Waals surface area contributed by atoms with E-state index in [1.807, 2.05) is 54.6 Å². The second kappa shape index (κ2) is 16.1. The van der Waals surface area contributed by atoms with Gasteiger partial charge in [0.05, 0.1) is 19.1 Å². The summed E-state index contributed by atoms with van der Waals surface area (Å²) in [6, 6.07) is 21.7. The average Bonchev–Trinajstić information content (AvgIpc) is 3.03. The zero-order chi connectivity index (χ0) is 32.4. The van der Waals surface area contributed by atoms with Crippen LogP contribution in [0.15, 0.2) is 72.8 Å². The number of amides is 2. The molecule has 8 nitrogen and oxygen atoms in total. The molecule has 2 amide bonds. The Bertz CT molecular complexity index is 1540. The van der Waals surface area contributed by atoms with Crippen molar-refractivity contribution in [3.63, 3.8) is 0 Å². The fourth-order valence-corrected chi connectivity index (χ4v) is 7.10. The molecule has 1 atom stereocenters. The average molecular weight is 654 g/mol. The quantitative estimate of drug-likeness (QED) is 0.221. The topological polar surface area (TPSA) is 96.0 Å². The van der Waals surface area contributed by atoms with Gasteiger partial charge >= 0.3 is 0 Å². The molecule has 1 saturated carbocycles. The molecule has 0 spiro atoms. The summed E-state index contributed by atoms with van der Waals surface area (Å²) in [4.78, 5) is 29.8. The van der Waals surface area contributed by atoms with Gasteiger partial charge in [-0.05, 0) is 67.1 Å². The summed E-state index contributed by atoms with van der Waals surface area (Å²) in [5.74, 6) is 0.259. The van der Waals surface area contributed by atoms with Gasteiger partial charge in [0.1, 0.15) is 11.8 Å². The lowest BCUT2D eigenvalue weighted by Crippen LogP contribution is -2.52. The predicted octanol–water partition coefficient (Wildman–Crippen LogP) is 6.29. The van der Waals surface area contributed by atoms with E-state index in [1.165, 1.54) is 10.7 Å². The van der Waals surface area contributed by atoms with Crippen LogP contribution in [-0.2, 0) is 32.6 Å². The predicted molar refractivity (Wildman–Crippen MR) is 180 cm³/mol. The number of carbonyl (C=O) groups excluding carboxylic acids is 2. The fourth-order valence-electron chi connectivity index (χ4n) is 5.91. The molecular weight excluding hydrogens is 610 g/mol. The number of nitrogens with zero attached hydrogens (tertiary/aromatic N) is 2. The van der Waals surface area contributed by atoms with E-state index in [2.05, 4.69) is 5.32 Å². The molecule has 3 aromatic carbocycles. The molecule has 45 heavy (non-hydrogen) atoms. The highest BCUT2D eigenvalue weighted by Gasteiger charge is 2.32. The fraction of sp³-hybridized carbons (Fsp3) is 0.429. The van der Waals surface area contributed by atoms with Crippen LogP contribution in [0.2, 0.25) is 5.02 Å². The van der Waals surface area contributed by atoms with Crippen LogP contribution in [0.5, 0.6) is 5.75 Å². The summed E-state index contributed by atoms with van der Waals surface area (Å²) < 4.78 is 32.4. The van der Waals surface area contributed by atoms with E-state index >= 15 is 0 Å². The zero-order valence-electron chi connectivity index (χ0n) is 26.4. The highest BCUT2D eigenvalue weighted by atomic mass is 35.5. The number of anilines is 1. The van der Waals surface area contributed by atoms with Gasteiger partial charge in [-0.1, -0.05) is 79.4 Å². The zero-order valence-corrected chi connectivity index (χ0v) is 27.9. The molecule has 0 heterocycles. The Labute approximate surface area is 272 Å². The van der Waals surface area contributed by atoms with Gasteiger partial charge in [-0.15, -0.1) is 0 Å². The molecule has 1 aliphatic rings. The van der Waals surface area contributed by atoms with Crippen molar-refractivity contribution in [2.75, 3.05) is 24.2 Å². The van der Waals surface area contributed by atoms with E-state index in [0.29, 0.717) is 28.4 Å². The summed E-state index contributed by atoms with van der Waals surface area (Å²) in [5.41, 5.74) is 2.92. The number of carbonyl (C=O) groups is 2. The first-order valence-electron chi connectivity index (χ1n) is 15.6. The highest BCUT2D eigenvalue weighted by Crippen LogP contribution is 2.29. The number of nitrogens with one attached hydrogen (secondary N) is 1. The number of benzene rings is 3. The van der Waals surface area contributed by atoms with Gasteiger partial charge in [0, 0.05) is 37.0 Å². The summed E-state index contributed by atoms with van der Waals surface area (Å²) in [5, 5.41) is 3.72. The maximum Gasteiger partial charge on any atom is 0.243 e. The number of sulfonamides is 1. The molecule has 0 aromatic heterocycles. The molecule has 1 N–H and O–H groups in total. The van der Waals surface area contributed by atoms with E-state index in [0.717, 1.165) is 43.1 Å². The van der Waals surface area contributed by atoms with E-state index in [9.17, 15) is 18.0 Å². The summed E-state index contributed by atoms with van der Waals surface area (Å²) in [6.45, 7) is 2.07. The Morgan fingerprint density at radius 2 is 1.67 bits per heavy atom. The smallest absolute Gasteiger partial charge is 0.243 e.